The normalized spacial score (nSPS) is 16.3. The van der Waals surface area contributed by atoms with Crippen LogP contribution in [0.15, 0.2) is 54.5 Å². The van der Waals surface area contributed by atoms with Gasteiger partial charge in [-0.15, -0.1) is 0 Å². The minimum Gasteiger partial charge on any atom is -0.480 e. The molecule has 1 unspecified atom stereocenters. The van der Waals surface area contributed by atoms with Gasteiger partial charge >= 0.3 is 0 Å². The van der Waals surface area contributed by atoms with E-state index in [2.05, 4.69) is 16.2 Å². The molecule has 0 bridgehead atoms. The van der Waals surface area contributed by atoms with Gasteiger partial charge in [0.2, 0.25) is 5.88 Å². The van der Waals surface area contributed by atoms with Gasteiger partial charge < -0.3 is 14.4 Å². The van der Waals surface area contributed by atoms with Gasteiger partial charge in [-0.2, -0.15) is 10.4 Å². The molecular formula is C18H15N5O2. The highest BCUT2D eigenvalue weighted by molar-refractivity contribution is 5.55. The minimum atomic E-state index is -0.417. The van der Waals surface area contributed by atoms with Crippen LogP contribution >= 0.6 is 0 Å². The zero-order valence-electron chi connectivity index (χ0n) is 13.7. The van der Waals surface area contributed by atoms with E-state index in [1.165, 1.54) is 0 Å². The SMILES string of the molecule is Cc1nn(C)c2c1C(c1ccc(-n3ccnc3)cc1)C(C#N)=C(O)O2. The molecule has 0 radical (unpaired) electrons. The second kappa shape index (κ2) is 5.53. The Kier molecular flexibility index (Phi) is 3.32. The first-order valence-corrected chi connectivity index (χ1v) is 7.73. The van der Waals surface area contributed by atoms with Gasteiger partial charge in [0.1, 0.15) is 11.6 Å². The minimum absolute atomic E-state index is 0.180. The molecule has 7 nitrogen and oxygen atoms in total. The summed E-state index contributed by atoms with van der Waals surface area (Å²) in [7, 11) is 1.75. The maximum Gasteiger partial charge on any atom is 0.298 e. The number of rotatable bonds is 2. The Morgan fingerprint density at radius 1 is 1.28 bits per heavy atom. The number of allylic oxidation sites excluding steroid dienone is 1. The molecule has 3 heterocycles. The van der Waals surface area contributed by atoms with E-state index < -0.39 is 5.92 Å². The van der Waals surface area contributed by atoms with Crippen LogP contribution in [0.25, 0.3) is 5.69 Å². The van der Waals surface area contributed by atoms with Crippen molar-refractivity contribution in [1.29, 1.82) is 5.26 Å². The summed E-state index contributed by atoms with van der Waals surface area (Å²) in [4.78, 5) is 4.04. The summed E-state index contributed by atoms with van der Waals surface area (Å²) in [5, 5.41) is 24.1. The third kappa shape index (κ3) is 2.27. The van der Waals surface area contributed by atoms with Crippen molar-refractivity contribution >= 4 is 0 Å². The molecule has 1 aromatic carbocycles. The number of ether oxygens (including phenoxy) is 1. The second-order valence-corrected chi connectivity index (χ2v) is 5.86. The maximum atomic E-state index is 10.2. The van der Waals surface area contributed by atoms with Crippen molar-refractivity contribution < 1.29 is 9.84 Å². The fraction of sp³-hybridized carbons (Fsp3) is 0.167. The van der Waals surface area contributed by atoms with E-state index in [0.717, 1.165) is 22.5 Å². The van der Waals surface area contributed by atoms with Crippen LogP contribution in [0.4, 0.5) is 0 Å². The molecule has 4 rings (SSSR count). The zero-order valence-corrected chi connectivity index (χ0v) is 13.7. The van der Waals surface area contributed by atoms with Gasteiger partial charge in [0.15, 0.2) is 0 Å². The highest BCUT2D eigenvalue weighted by Gasteiger charge is 2.36. The van der Waals surface area contributed by atoms with Gasteiger partial charge in [0, 0.05) is 25.1 Å². The molecule has 25 heavy (non-hydrogen) atoms. The van der Waals surface area contributed by atoms with Crippen LogP contribution in [0.2, 0.25) is 0 Å². The lowest BCUT2D eigenvalue weighted by atomic mass is 9.84. The first-order chi connectivity index (χ1) is 12.1. The average molecular weight is 333 g/mol. The van der Waals surface area contributed by atoms with Crippen molar-refractivity contribution in [1.82, 2.24) is 19.3 Å². The zero-order chi connectivity index (χ0) is 17.6. The van der Waals surface area contributed by atoms with Crippen LogP contribution in [0.3, 0.4) is 0 Å². The van der Waals surface area contributed by atoms with Crippen LogP contribution in [-0.4, -0.2) is 24.4 Å². The Labute approximate surface area is 144 Å². The highest BCUT2D eigenvalue weighted by Crippen LogP contribution is 2.43. The summed E-state index contributed by atoms with van der Waals surface area (Å²) in [5.74, 6) is -0.335. The topological polar surface area (TPSA) is 88.9 Å². The third-order valence-corrected chi connectivity index (χ3v) is 4.36. The molecule has 0 saturated carbocycles. The van der Waals surface area contributed by atoms with E-state index in [0.29, 0.717) is 5.88 Å². The first-order valence-electron chi connectivity index (χ1n) is 7.73. The second-order valence-electron chi connectivity index (χ2n) is 5.86. The largest absolute Gasteiger partial charge is 0.480 e. The highest BCUT2D eigenvalue weighted by atomic mass is 16.6. The summed E-state index contributed by atoms with van der Waals surface area (Å²) in [6, 6.07) is 9.84. The molecule has 1 N–H and O–H groups in total. The smallest absolute Gasteiger partial charge is 0.298 e. The van der Waals surface area contributed by atoms with E-state index in [1.54, 1.807) is 24.3 Å². The number of aliphatic hydroxyl groups excluding tert-OH is 1. The van der Waals surface area contributed by atoms with Crippen LogP contribution in [0, 0.1) is 18.3 Å². The van der Waals surface area contributed by atoms with Gasteiger partial charge in [-0.1, -0.05) is 12.1 Å². The van der Waals surface area contributed by atoms with Gasteiger partial charge in [-0.25, -0.2) is 9.67 Å². The average Bonchev–Trinajstić information content (AvgIpc) is 3.23. The summed E-state index contributed by atoms with van der Waals surface area (Å²) in [6.45, 7) is 1.87. The predicted molar refractivity (Wildman–Crippen MR) is 89.2 cm³/mol. The van der Waals surface area contributed by atoms with Crippen LogP contribution in [-0.2, 0) is 7.05 Å². The van der Waals surface area contributed by atoms with Crippen molar-refractivity contribution in [2.75, 3.05) is 0 Å². The number of benzene rings is 1. The number of hydrogen-bond acceptors (Lipinski definition) is 5. The van der Waals surface area contributed by atoms with Crippen LogP contribution in [0.5, 0.6) is 5.88 Å². The summed E-state index contributed by atoms with van der Waals surface area (Å²) >= 11 is 0. The Balaban J connectivity index is 1.85. The predicted octanol–water partition coefficient (Wildman–Crippen LogP) is 2.73. The molecule has 0 spiro atoms. The molecule has 1 aliphatic rings. The lowest BCUT2D eigenvalue weighted by Crippen LogP contribution is -2.17. The molecule has 1 aliphatic heterocycles. The van der Waals surface area contributed by atoms with Gasteiger partial charge in [-0.05, 0) is 24.6 Å². The van der Waals surface area contributed by atoms with Crippen molar-refractivity contribution in [3.8, 4) is 17.6 Å². The number of hydrogen-bond donors (Lipinski definition) is 1. The Morgan fingerprint density at radius 3 is 2.68 bits per heavy atom. The third-order valence-electron chi connectivity index (χ3n) is 4.36. The number of nitriles is 1. The van der Waals surface area contributed by atoms with E-state index >= 15 is 0 Å². The summed E-state index contributed by atoms with van der Waals surface area (Å²) in [6.07, 6.45) is 5.30. The summed E-state index contributed by atoms with van der Waals surface area (Å²) < 4.78 is 8.89. The van der Waals surface area contributed by atoms with E-state index in [9.17, 15) is 10.4 Å². The van der Waals surface area contributed by atoms with Gasteiger partial charge in [-0.3, -0.25) is 0 Å². The number of aryl methyl sites for hydroxylation is 2. The molecule has 0 aliphatic carbocycles. The fourth-order valence-electron chi connectivity index (χ4n) is 3.22. The lowest BCUT2D eigenvalue weighted by Gasteiger charge is -2.23. The molecule has 2 aromatic heterocycles. The molecular weight excluding hydrogens is 318 g/mol. The van der Waals surface area contributed by atoms with Gasteiger partial charge in [0.05, 0.1) is 23.5 Å². The molecule has 3 aromatic rings. The number of nitrogens with zero attached hydrogens (tertiary/aromatic N) is 5. The Hall–Kier alpha value is -3.53. The first kappa shape index (κ1) is 15.0. The molecule has 0 saturated heterocycles. The lowest BCUT2D eigenvalue weighted by molar-refractivity contribution is 0.183. The fourth-order valence-corrected chi connectivity index (χ4v) is 3.22. The Bertz CT molecular complexity index is 1010. The van der Waals surface area contributed by atoms with Crippen molar-refractivity contribution in [2.24, 2.45) is 7.05 Å². The standard InChI is InChI=1S/C18H15N5O2/c1-11-15-16(14(9-19)18(24)25-17(15)22(2)21-11)12-3-5-13(6-4-12)23-8-7-20-10-23/h3-8,10,16,24H,1-2H3. The quantitative estimate of drug-likeness (QED) is 0.779. The molecule has 124 valence electrons. The van der Waals surface area contributed by atoms with E-state index in [1.807, 2.05) is 42.0 Å². The van der Waals surface area contributed by atoms with Gasteiger partial charge in [0.25, 0.3) is 5.95 Å². The van der Waals surface area contributed by atoms with E-state index in [4.69, 9.17) is 4.74 Å². The number of aromatic nitrogens is 4. The van der Waals surface area contributed by atoms with Crippen LogP contribution < -0.4 is 4.74 Å². The maximum absolute atomic E-state index is 10.2. The molecule has 0 amide bonds. The monoisotopic (exact) mass is 333 g/mol. The van der Waals surface area contributed by atoms with Crippen molar-refractivity contribution in [3.05, 3.63) is 71.3 Å². The summed E-state index contributed by atoms with van der Waals surface area (Å²) in [5.41, 5.74) is 3.59. The molecule has 7 heteroatoms. The number of aliphatic hydroxyl groups is 1. The molecule has 0 fully saturated rings. The van der Waals surface area contributed by atoms with Crippen molar-refractivity contribution in [3.63, 3.8) is 0 Å². The van der Waals surface area contributed by atoms with Crippen molar-refractivity contribution in [2.45, 2.75) is 12.8 Å². The number of imidazole rings is 1. The van der Waals surface area contributed by atoms with Crippen LogP contribution in [0.1, 0.15) is 22.7 Å². The molecule has 1 atom stereocenters. The number of fused-ring (bicyclic) bond motifs is 1. The van der Waals surface area contributed by atoms with E-state index in [-0.39, 0.29) is 11.5 Å². The Morgan fingerprint density at radius 2 is 2.04 bits per heavy atom.